The first kappa shape index (κ1) is 12.6. The van der Waals surface area contributed by atoms with Gasteiger partial charge in [-0.05, 0) is 38.6 Å². The Hall–Kier alpha value is -1.42. The van der Waals surface area contributed by atoms with Crippen LogP contribution in [0.2, 0.25) is 0 Å². The van der Waals surface area contributed by atoms with Gasteiger partial charge in [-0.15, -0.1) is 0 Å². The van der Waals surface area contributed by atoms with Gasteiger partial charge in [0.15, 0.2) is 0 Å². The van der Waals surface area contributed by atoms with E-state index in [1.165, 1.54) is 0 Å². The Morgan fingerprint density at radius 1 is 1.44 bits per heavy atom. The maximum atomic E-state index is 10.4. The molecule has 1 rings (SSSR count). The molecule has 0 aliphatic rings. The molecule has 0 saturated carbocycles. The molecule has 0 atom stereocenters. The van der Waals surface area contributed by atoms with Gasteiger partial charge in [0.2, 0.25) is 0 Å². The Kier molecular flexibility index (Phi) is 5.50. The van der Waals surface area contributed by atoms with E-state index in [1.807, 2.05) is 30.1 Å². The molecule has 0 aliphatic carbocycles. The lowest BCUT2D eigenvalue weighted by atomic mass is 10.2. The van der Waals surface area contributed by atoms with Gasteiger partial charge in [-0.3, -0.25) is 9.78 Å². The van der Waals surface area contributed by atoms with E-state index in [4.69, 9.17) is 5.11 Å². The van der Waals surface area contributed by atoms with E-state index < -0.39 is 5.97 Å². The third kappa shape index (κ3) is 5.46. The van der Waals surface area contributed by atoms with Crippen molar-refractivity contribution in [2.75, 3.05) is 20.1 Å². The number of aromatic nitrogens is 1. The number of nitrogens with zero attached hydrogens (tertiary/aromatic N) is 2. The van der Waals surface area contributed by atoms with Crippen molar-refractivity contribution in [1.82, 2.24) is 9.88 Å². The van der Waals surface area contributed by atoms with Gasteiger partial charge < -0.3 is 10.0 Å². The molecule has 0 bridgehead atoms. The highest BCUT2D eigenvalue weighted by Crippen LogP contribution is 1.99. The van der Waals surface area contributed by atoms with Crippen molar-refractivity contribution >= 4 is 5.97 Å². The minimum Gasteiger partial charge on any atom is -0.481 e. The van der Waals surface area contributed by atoms with Crippen LogP contribution in [0, 0.1) is 0 Å². The monoisotopic (exact) mass is 222 g/mol. The first-order valence-electron chi connectivity index (χ1n) is 5.48. The summed E-state index contributed by atoms with van der Waals surface area (Å²) in [6.07, 6.45) is 3.95. The molecular weight excluding hydrogens is 204 g/mol. The lowest BCUT2D eigenvalue weighted by Gasteiger charge is -2.14. The molecule has 0 amide bonds. The molecule has 0 aliphatic heterocycles. The van der Waals surface area contributed by atoms with Crippen LogP contribution >= 0.6 is 0 Å². The van der Waals surface area contributed by atoms with Crippen molar-refractivity contribution in [2.24, 2.45) is 0 Å². The molecule has 0 spiro atoms. The molecule has 0 fully saturated rings. The summed E-state index contributed by atoms with van der Waals surface area (Å²) in [5, 5.41) is 8.53. The fourth-order valence-electron chi connectivity index (χ4n) is 1.47. The van der Waals surface area contributed by atoms with Crippen molar-refractivity contribution < 1.29 is 9.90 Å². The molecule has 0 unspecified atom stereocenters. The van der Waals surface area contributed by atoms with Crippen LogP contribution in [0.3, 0.4) is 0 Å². The standard InChI is InChI=1S/C12H18N2O2/c1-14(10-7-12(15)16)9-4-6-11-5-2-3-8-13-11/h2-3,5,8H,4,6-7,9-10H2,1H3,(H,15,16). The molecule has 1 aromatic rings. The van der Waals surface area contributed by atoms with E-state index in [-0.39, 0.29) is 6.42 Å². The normalized spacial score (nSPS) is 10.6. The van der Waals surface area contributed by atoms with Gasteiger partial charge in [0.25, 0.3) is 0 Å². The smallest absolute Gasteiger partial charge is 0.304 e. The third-order valence-corrected chi connectivity index (χ3v) is 2.41. The number of hydrogen-bond acceptors (Lipinski definition) is 3. The summed E-state index contributed by atoms with van der Waals surface area (Å²) >= 11 is 0. The van der Waals surface area contributed by atoms with E-state index in [1.54, 1.807) is 6.20 Å². The number of aryl methyl sites for hydroxylation is 1. The average Bonchev–Trinajstić information content (AvgIpc) is 2.28. The summed E-state index contributed by atoms with van der Waals surface area (Å²) in [6.45, 7) is 1.52. The summed E-state index contributed by atoms with van der Waals surface area (Å²) in [7, 11) is 1.95. The number of hydrogen-bond donors (Lipinski definition) is 1. The van der Waals surface area contributed by atoms with Crippen molar-refractivity contribution in [1.29, 1.82) is 0 Å². The van der Waals surface area contributed by atoms with Gasteiger partial charge in [0.05, 0.1) is 6.42 Å². The van der Waals surface area contributed by atoms with Crippen molar-refractivity contribution in [3.8, 4) is 0 Å². The van der Waals surface area contributed by atoms with Crippen LogP contribution in [0.5, 0.6) is 0 Å². The van der Waals surface area contributed by atoms with Crippen LogP contribution < -0.4 is 0 Å². The van der Waals surface area contributed by atoms with Crippen LogP contribution in [-0.4, -0.2) is 41.1 Å². The van der Waals surface area contributed by atoms with E-state index in [0.717, 1.165) is 25.1 Å². The Bertz CT molecular complexity index is 314. The summed E-state index contributed by atoms with van der Waals surface area (Å²) < 4.78 is 0. The zero-order valence-electron chi connectivity index (χ0n) is 9.59. The lowest BCUT2D eigenvalue weighted by molar-refractivity contribution is -0.137. The van der Waals surface area contributed by atoms with Gasteiger partial charge in [-0.25, -0.2) is 0 Å². The van der Waals surface area contributed by atoms with Crippen LogP contribution in [-0.2, 0) is 11.2 Å². The first-order valence-corrected chi connectivity index (χ1v) is 5.48. The minimum atomic E-state index is -0.739. The van der Waals surface area contributed by atoms with Crippen LogP contribution in [0.4, 0.5) is 0 Å². The number of carboxylic acids is 1. The predicted octanol–water partition coefficient (Wildman–Crippen LogP) is 1.42. The van der Waals surface area contributed by atoms with Gasteiger partial charge in [-0.1, -0.05) is 6.07 Å². The SMILES string of the molecule is CN(CCCc1ccccn1)CCC(=O)O. The largest absolute Gasteiger partial charge is 0.481 e. The predicted molar refractivity (Wildman–Crippen MR) is 62.3 cm³/mol. The second-order valence-electron chi connectivity index (χ2n) is 3.87. The fourth-order valence-corrected chi connectivity index (χ4v) is 1.47. The number of aliphatic carboxylic acids is 1. The Morgan fingerprint density at radius 2 is 2.25 bits per heavy atom. The van der Waals surface area contributed by atoms with Gasteiger partial charge in [0.1, 0.15) is 0 Å². The molecule has 0 saturated heterocycles. The van der Waals surface area contributed by atoms with Gasteiger partial charge >= 0.3 is 5.97 Å². The Balaban J connectivity index is 2.13. The molecule has 0 aromatic carbocycles. The highest BCUT2D eigenvalue weighted by atomic mass is 16.4. The van der Waals surface area contributed by atoms with Gasteiger partial charge in [0, 0.05) is 18.4 Å². The molecular formula is C12H18N2O2. The molecule has 4 heteroatoms. The van der Waals surface area contributed by atoms with Gasteiger partial charge in [-0.2, -0.15) is 0 Å². The molecule has 4 nitrogen and oxygen atoms in total. The molecule has 1 heterocycles. The highest BCUT2D eigenvalue weighted by molar-refractivity contribution is 5.66. The maximum Gasteiger partial charge on any atom is 0.304 e. The fraction of sp³-hybridized carbons (Fsp3) is 0.500. The molecule has 0 radical (unpaired) electrons. The number of rotatable bonds is 7. The maximum absolute atomic E-state index is 10.4. The summed E-state index contributed by atoms with van der Waals surface area (Å²) in [6, 6.07) is 5.90. The van der Waals surface area contributed by atoms with E-state index in [9.17, 15) is 4.79 Å². The van der Waals surface area contributed by atoms with E-state index >= 15 is 0 Å². The summed E-state index contributed by atoms with van der Waals surface area (Å²) in [5.74, 6) is -0.739. The zero-order chi connectivity index (χ0) is 11.8. The summed E-state index contributed by atoms with van der Waals surface area (Å²) in [4.78, 5) is 16.6. The molecule has 1 N–H and O–H groups in total. The number of pyridine rings is 1. The topological polar surface area (TPSA) is 53.4 Å². The van der Waals surface area contributed by atoms with Crippen LogP contribution in [0.1, 0.15) is 18.5 Å². The third-order valence-electron chi connectivity index (χ3n) is 2.41. The zero-order valence-corrected chi connectivity index (χ0v) is 9.59. The number of carboxylic acid groups (broad SMARTS) is 1. The quantitative estimate of drug-likeness (QED) is 0.758. The van der Waals surface area contributed by atoms with Crippen molar-refractivity contribution in [3.05, 3.63) is 30.1 Å². The second-order valence-corrected chi connectivity index (χ2v) is 3.87. The average molecular weight is 222 g/mol. The van der Waals surface area contributed by atoms with E-state index in [2.05, 4.69) is 4.98 Å². The highest BCUT2D eigenvalue weighted by Gasteiger charge is 2.02. The molecule has 1 aromatic heterocycles. The second kappa shape index (κ2) is 6.95. The Morgan fingerprint density at radius 3 is 2.88 bits per heavy atom. The molecule has 88 valence electrons. The first-order chi connectivity index (χ1) is 7.68. The summed E-state index contributed by atoms with van der Waals surface area (Å²) in [5.41, 5.74) is 1.09. The minimum absolute atomic E-state index is 0.208. The Labute approximate surface area is 95.9 Å². The van der Waals surface area contributed by atoms with Crippen LogP contribution in [0.25, 0.3) is 0 Å². The molecule has 16 heavy (non-hydrogen) atoms. The van der Waals surface area contributed by atoms with E-state index in [0.29, 0.717) is 6.54 Å². The van der Waals surface area contributed by atoms with Crippen molar-refractivity contribution in [3.63, 3.8) is 0 Å². The lowest BCUT2D eigenvalue weighted by Crippen LogP contribution is -2.23. The number of carbonyl (C=O) groups is 1. The van der Waals surface area contributed by atoms with Crippen molar-refractivity contribution in [2.45, 2.75) is 19.3 Å². The van der Waals surface area contributed by atoms with Crippen LogP contribution in [0.15, 0.2) is 24.4 Å².